The first-order valence-corrected chi connectivity index (χ1v) is 8.01. The Morgan fingerprint density at radius 1 is 1.05 bits per heavy atom. The number of ether oxygens (including phenoxy) is 1. The molecule has 0 spiro atoms. The van der Waals surface area contributed by atoms with Gasteiger partial charge in [0.15, 0.2) is 0 Å². The summed E-state index contributed by atoms with van der Waals surface area (Å²) in [6.07, 6.45) is 0. The highest BCUT2D eigenvalue weighted by atomic mass is 35.5. The fourth-order valence-corrected chi connectivity index (χ4v) is 2.73. The zero-order chi connectivity index (χ0) is 15.4. The van der Waals surface area contributed by atoms with E-state index >= 15 is 0 Å². The number of benzene rings is 2. The molecule has 0 radical (unpaired) electrons. The molecule has 0 aliphatic carbocycles. The van der Waals surface area contributed by atoms with Crippen LogP contribution in [0.3, 0.4) is 0 Å². The van der Waals surface area contributed by atoms with Gasteiger partial charge in [0.05, 0.1) is 13.2 Å². The van der Waals surface area contributed by atoms with Crippen molar-refractivity contribution < 1.29 is 4.74 Å². The number of rotatable bonds is 4. The number of hydrogen-bond donors (Lipinski definition) is 1. The molecule has 1 aliphatic rings. The maximum atomic E-state index is 6.16. The van der Waals surface area contributed by atoms with Gasteiger partial charge in [-0.3, -0.25) is 4.90 Å². The zero-order valence-corrected chi connectivity index (χ0v) is 13.6. The molecule has 3 nitrogen and oxygen atoms in total. The van der Waals surface area contributed by atoms with Crippen LogP contribution in [0.5, 0.6) is 0 Å². The number of morpholine rings is 1. The molecule has 1 heterocycles. The quantitative estimate of drug-likeness (QED) is 0.913. The van der Waals surface area contributed by atoms with E-state index in [1.54, 1.807) is 0 Å². The molecule has 116 valence electrons. The lowest BCUT2D eigenvalue weighted by Gasteiger charge is -2.26. The number of hydrogen-bond acceptors (Lipinski definition) is 3. The van der Waals surface area contributed by atoms with E-state index in [2.05, 4.69) is 34.5 Å². The van der Waals surface area contributed by atoms with Crippen LogP contribution >= 0.6 is 11.6 Å². The van der Waals surface area contributed by atoms with E-state index in [1.807, 2.05) is 25.1 Å². The molecule has 3 rings (SSSR count). The van der Waals surface area contributed by atoms with Gasteiger partial charge in [0.1, 0.15) is 0 Å². The van der Waals surface area contributed by atoms with E-state index in [1.165, 1.54) is 5.56 Å². The minimum atomic E-state index is 0.786. The Morgan fingerprint density at radius 2 is 1.73 bits per heavy atom. The van der Waals surface area contributed by atoms with Gasteiger partial charge in [-0.05, 0) is 42.3 Å². The number of aryl methyl sites for hydroxylation is 1. The van der Waals surface area contributed by atoms with Crippen LogP contribution in [0.2, 0.25) is 5.02 Å². The van der Waals surface area contributed by atoms with E-state index in [0.29, 0.717) is 0 Å². The fraction of sp³-hybridized carbons (Fsp3) is 0.333. The molecule has 1 N–H and O–H groups in total. The van der Waals surface area contributed by atoms with E-state index in [0.717, 1.165) is 54.8 Å². The Hall–Kier alpha value is -1.55. The zero-order valence-electron chi connectivity index (χ0n) is 12.8. The van der Waals surface area contributed by atoms with Crippen molar-refractivity contribution in [2.24, 2.45) is 0 Å². The summed E-state index contributed by atoms with van der Waals surface area (Å²) in [6, 6.07) is 14.6. The SMILES string of the molecule is Cc1ccc(Nc2ccc(CN3CCOCC3)cc2)cc1Cl. The predicted octanol–water partition coefficient (Wildman–Crippen LogP) is 4.22. The van der Waals surface area contributed by atoms with Crippen LogP contribution in [0.15, 0.2) is 42.5 Å². The summed E-state index contributed by atoms with van der Waals surface area (Å²) >= 11 is 6.16. The van der Waals surface area contributed by atoms with Gasteiger partial charge in [-0.25, -0.2) is 0 Å². The number of anilines is 2. The Balaban J connectivity index is 1.62. The Morgan fingerprint density at radius 3 is 2.41 bits per heavy atom. The summed E-state index contributed by atoms with van der Waals surface area (Å²) in [5.74, 6) is 0. The third kappa shape index (κ3) is 4.01. The average molecular weight is 317 g/mol. The van der Waals surface area contributed by atoms with Crippen molar-refractivity contribution in [2.45, 2.75) is 13.5 Å². The van der Waals surface area contributed by atoms with Crippen LogP contribution < -0.4 is 5.32 Å². The molecule has 1 fully saturated rings. The van der Waals surface area contributed by atoms with E-state index < -0.39 is 0 Å². The van der Waals surface area contributed by atoms with Crippen molar-refractivity contribution in [2.75, 3.05) is 31.6 Å². The van der Waals surface area contributed by atoms with Crippen molar-refractivity contribution in [1.29, 1.82) is 0 Å². The van der Waals surface area contributed by atoms with Gasteiger partial charge < -0.3 is 10.1 Å². The third-order valence-corrected chi connectivity index (χ3v) is 4.33. The summed E-state index contributed by atoms with van der Waals surface area (Å²) in [7, 11) is 0. The maximum absolute atomic E-state index is 6.16. The van der Waals surface area contributed by atoms with Gasteiger partial charge in [0.25, 0.3) is 0 Å². The molecule has 1 aliphatic heterocycles. The molecule has 4 heteroatoms. The summed E-state index contributed by atoms with van der Waals surface area (Å²) in [5, 5.41) is 4.17. The second-order valence-corrected chi connectivity index (χ2v) is 6.08. The minimum absolute atomic E-state index is 0.786. The maximum Gasteiger partial charge on any atom is 0.0594 e. The van der Waals surface area contributed by atoms with Crippen LogP contribution in [0.4, 0.5) is 11.4 Å². The Bertz CT molecular complexity index is 621. The third-order valence-electron chi connectivity index (χ3n) is 3.92. The molecule has 0 unspecified atom stereocenters. The largest absolute Gasteiger partial charge is 0.379 e. The number of halogens is 1. The number of nitrogens with one attached hydrogen (secondary N) is 1. The highest BCUT2D eigenvalue weighted by molar-refractivity contribution is 6.31. The van der Waals surface area contributed by atoms with Gasteiger partial charge >= 0.3 is 0 Å². The van der Waals surface area contributed by atoms with Gasteiger partial charge in [-0.2, -0.15) is 0 Å². The molecule has 0 bridgehead atoms. The molecule has 2 aromatic carbocycles. The van der Waals surface area contributed by atoms with Crippen molar-refractivity contribution in [3.8, 4) is 0 Å². The highest BCUT2D eigenvalue weighted by Gasteiger charge is 2.10. The summed E-state index contributed by atoms with van der Waals surface area (Å²) in [5.41, 5.74) is 4.50. The van der Waals surface area contributed by atoms with Gasteiger partial charge in [0, 0.05) is 36.0 Å². The molecule has 0 atom stereocenters. The van der Waals surface area contributed by atoms with Crippen LogP contribution in [0.25, 0.3) is 0 Å². The van der Waals surface area contributed by atoms with Crippen molar-refractivity contribution in [3.63, 3.8) is 0 Å². The molecule has 2 aromatic rings. The fourth-order valence-electron chi connectivity index (χ4n) is 2.55. The topological polar surface area (TPSA) is 24.5 Å². The average Bonchev–Trinajstić information content (AvgIpc) is 2.54. The van der Waals surface area contributed by atoms with E-state index in [-0.39, 0.29) is 0 Å². The van der Waals surface area contributed by atoms with Gasteiger partial charge in [-0.1, -0.05) is 29.8 Å². The Labute approximate surface area is 136 Å². The normalized spacial score (nSPS) is 15.7. The number of nitrogens with zero attached hydrogens (tertiary/aromatic N) is 1. The second kappa shape index (κ2) is 7.14. The predicted molar refractivity (Wildman–Crippen MR) is 92.0 cm³/mol. The van der Waals surface area contributed by atoms with E-state index in [4.69, 9.17) is 16.3 Å². The van der Waals surface area contributed by atoms with Gasteiger partial charge in [-0.15, -0.1) is 0 Å². The van der Waals surface area contributed by atoms with Crippen LogP contribution in [-0.2, 0) is 11.3 Å². The monoisotopic (exact) mass is 316 g/mol. The molecular formula is C18H21ClN2O. The first-order chi connectivity index (χ1) is 10.7. The van der Waals surface area contributed by atoms with E-state index in [9.17, 15) is 0 Å². The summed E-state index contributed by atoms with van der Waals surface area (Å²) < 4.78 is 5.38. The first-order valence-electron chi connectivity index (χ1n) is 7.63. The lowest BCUT2D eigenvalue weighted by Crippen LogP contribution is -2.35. The van der Waals surface area contributed by atoms with Crippen molar-refractivity contribution in [3.05, 3.63) is 58.6 Å². The van der Waals surface area contributed by atoms with Crippen LogP contribution in [0, 0.1) is 6.92 Å². The summed E-state index contributed by atoms with van der Waals surface area (Å²) in [6.45, 7) is 6.71. The molecule has 0 saturated carbocycles. The highest BCUT2D eigenvalue weighted by Crippen LogP contribution is 2.23. The first kappa shape index (κ1) is 15.3. The lowest BCUT2D eigenvalue weighted by atomic mass is 10.1. The van der Waals surface area contributed by atoms with Crippen molar-refractivity contribution in [1.82, 2.24) is 4.90 Å². The smallest absolute Gasteiger partial charge is 0.0594 e. The lowest BCUT2D eigenvalue weighted by molar-refractivity contribution is 0.0342. The molecule has 0 amide bonds. The minimum Gasteiger partial charge on any atom is -0.379 e. The summed E-state index contributed by atoms with van der Waals surface area (Å²) in [4.78, 5) is 2.42. The molecule has 22 heavy (non-hydrogen) atoms. The Kier molecular flexibility index (Phi) is 4.98. The molecule has 0 aromatic heterocycles. The molecular weight excluding hydrogens is 296 g/mol. The molecule has 1 saturated heterocycles. The second-order valence-electron chi connectivity index (χ2n) is 5.67. The van der Waals surface area contributed by atoms with Crippen LogP contribution in [0.1, 0.15) is 11.1 Å². The van der Waals surface area contributed by atoms with Gasteiger partial charge in [0.2, 0.25) is 0 Å². The van der Waals surface area contributed by atoms with Crippen LogP contribution in [-0.4, -0.2) is 31.2 Å². The van der Waals surface area contributed by atoms with Crippen molar-refractivity contribution >= 4 is 23.0 Å². The standard InChI is InChI=1S/C18H21ClN2O/c1-14-2-5-17(12-18(14)19)20-16-6-3-15(4-7-16)13-21-8-10-22-11-9-21/h2-7,12,20H,8-11,13H2,1H3.